The zero-order valence-corrected chi connectivity index (χ0v) is 25.5. The van der Waals surface area contributed by atoms with Gasteiger partial charge in [0.25, 0.3) is 0 Å². The summed E-state index contributed by atoms with van der Waals surface area (Å²) in [5.41, 5.74) is 5.31. The molecule has 4 aromatic rings. The van der Waals surface area contributed by atoms with Crippen LogP contribution >= 0.6 is 23.2 Å². The van der Waals surface area contributed by atoms with Crippen molar-refractivity contribution in [2.24, 2.45) is 0 Å². The smallest absolute Gasteiger partial charge is 0.247 e. The molecule has 1 aromatic heterocycles. The molecule has 6 rings (SSSR count). The molecule has 2 aliphatic rings. The van der Waals surface area contributed by atoms with E-state index in [1.807, 2.05) is 11.0 Å². The van der Waals surface area contributed by atoms with Gasteiger partial charge in [-0.2, -0.15) is 0 Å². The number of hydrogen-bond acceptors (Lipinski definition) is 6. The summed E-state index contributed by atoms with van der Waals surface area (Å²) in [6.07, 6.45) is 1.96. The van der Waals surface area contributed by atoms with Crippen LogP contribution in [-0.2, 0) is 22.7 Å². The molecule has 8 nitrogen and oxygen atoms in total. The van der Waals surface area contributed by atoms with Crippen LogP contribution in [0.15, 0.2) is 71.3 Å². The molecular weight excluding hydrogens is 587 g/mol. The van der Waals surface area contributed by atoms with E-state index in [-0.39, 0.29) is 31.0 Å². The Morgan fingerprint density at radius 2 is 1.79 bits per heavy atom. The number of nitrogens with zero attached hydrogens (tertiary/aromatic N) is 3. The molecule has 10 heteroatoms. The van der Waals surface area contributed by atoms with Gasteiger partial charge in [0, 0.05) is 36.4 Å². The lowest BCUT2D eigenvalue weighted by molar-refractivity contribution is -0.136. The van der Waals surface area contributed by atoms with Crippen molar-refractivity contribution in [3.63, 3.8) is 0 Å². The van der Waals surface area contributed by atoms with Gasteiger partial charge >= 0.3 is 0 Å². The van der Waals surface area contributed by atoms with Crippen LogP contribution in [0.5, 0.6) is 5.75 Å². The van der Waals surface area contributed by atoms with Crippen LogP contribution in [0.2, 0.25) is 10.0 Å². The average molecular weight is 620 g/mol. The van der Waals surface area contributed by atoms with Crippen LogP contribution in [0.3, 0.4) is 0 Å². The molecule has 43 heavy (non-hydrogen) atoms. The maximum atomic E-state index is 14.0. The first-order valence-corrected chi connectivity index (χ1v) is 15.1. The zero-order chi connectivity index (χ0) is 30.1. The number of carbonyl (C=O) groups is 2. The first-order chi connectivity index (χ1) is 20.8. The number of benzene rings is 3. The number of rotatable bonds is 9. The highest BCUT2D eigenvalue weighted by Crippen LogP contribution is 2.35. The van der Waals surface area contributed by atoms with Crippen LogP contribution in [0.4, 0.5) is 5.69 Å². The molecule has 1 aliphatic carbocycles. The van der Waals surface area contributed by atoms with Gasteiger partial charge in [0.05, 0.1) is 16.6 Å². The Bertz CT molecular complexity index is 1630. The van der Waals surface area contributed by atoms with Crippen molar-refractivity contribution >= 4 is 40.7 Å². The Labute approximate surface area is 260 Å². The van der Waals surface area contributed by atoms with Gasteiger partial charge in [-0.05, 0) is 79.8 Å². The normalized spacial score (nSPS) is 16.8. The molecule has 2 fully saturated rings. The monoisotopic (exact) mass is 618 g/mol. The van der Waals surface area contributed by atoms with Crippen molar-refractivity contribution < 1.29 is 18.8 Å². The second-order valence-electron chi connectivity index (χ2n) is 11.0. The van der Waals surface area contributed by atoms with Gasteiger partial charge in [-0.3, -0.25) is 14.5 Å². The van der Waals surface area contributed by atoms with Crippen LogP contribution in [0.25, 0.3) is 11.3 Å². The largest absolute Gasteiger partial charge is 0.486 e. The van der Waals surface area contributed by atoms with Crippen molar-refractivity contribution in [3.8, 4) is 17.0 Å². The fourth-order valence-corrected chi connectivity index (χ4v) is 6.01. The van der Waals surface area contributed by atoms with Crippen molar-refractivity contribution in [2.45, 2.75) is 51.9 Å². The lowest BCUT2D eigenvalue weighted by Gasteiger charge is -2.38. The highest BCUT2D eigenvalue weighted by Gasteiger charge is 2.41. The number of carbonyl (C=O) groups excluding carboxylic acids is 2. The highest BCUT2D eigenvalue weighted by molar-refractivity contribution is 6.39. The first kappa shape index (κ1) is 29.2. The minimum atomic E-state index is -0.636. The predicted molar refractivity (Wildman–Crippen MR) is 166 cm³/mol. The SMILES string of the molecule is Cc1cccc(CN(C(=O)[C@@H]2CNCC(=O)N2c2ccc(OCc3cc(-c4c(Cl)cccc4Cl)no3)cc2)C2CC2)c1C. The van der Waals surface area contributed by atoms with E-state index in [0.717, 1.165) is 18.4 Å². The van der Waals surface area contributed by atoms with Crippen molar-refractivity contribution in [1.82, 2.24) is 15.4 Å². The number of hydrogen-bond donors (Lipinski definition) is 1. The van der Waals surface area contributed by atoms with Crippen molar-refractivity contribution in [1.29, 1.82) is 0 Å². The van der Waals surface area contributed by atoms with Crippen molar-refractivity contribution in [2.75, 3.05) is 18.0 Å². The number of nitrogens with one attached hydrogen (secondary N) is 1. The summed E-state index contributed by atoms with van der Waals surface area (Å²) in [7, 11) is 0. The molecule has 1 N–H and O–H groups in total. The number of aryl methyl sites for hydroxylation is 1. The molecule has 2 heterocycles. The Hall–Kier alpha value is -3.85. The number of amides is 2. The Kier molecular flexibility index (Phi) is 8.43. The summed E-state index contributed by atoms with van der Waals surface area (Å²) >= 11 is 12.6. The number of aromatic nitrogens is 1. The number of anilines is 1. The Morgan fingerprint density at radius 1 is 1.07 bits per heavy atom. The summed E-state index contributed by atoms with van der Waals surface area (Å²) in [6.45, 7) is 5.41. The maximum Gasteiger partial charge on any atom is 0.247 e. The van der Waals surface area contributed by atoms with Crippen LogP contribution in [0, 0.1) is 13.8 Å². The summed E-state index contributed by atoms with van der Waals surface area (Å²) in [6, 6.07) is 19.9. The van der Waals surface area contributed by atoms with Gasteiger partial charge in [0.2, 0.25) is 11.8 Å². The molecule has 0 bridgehead atoms. The number of ether oxygens (including phenoxy) is 1. The van der Waals surface area contributed by atoms with E-state index >= 15 is 0 Å². The van der Waals surface area contributed by atoms with Gasteiger partial charge in [0.15, 0.2) is 5.76 Å². The number of halogens is 2. The Balaban J connectivity index is 1.15. The van der Waals surface area contributed by atoms with E-state index in [1.54, 1.807) is 53.4 Å². The van der Waals surface area contributed by atoms with Crippen LogP contribution in [0.1, 0.15) is 35.3 Å². The third-order valence-corrected chi connectivity index (χ3v) is 8.71. The van der Waals surface area contributed by atoms with Gasteiger partial charge in [-0.15, -0.1) is 0 Å². The molecular formula is C33H32Cl2N4O4. The molecule has 1 saturated heterocycles. The molecule has 0 radical (unpaired) electrons. The average Bonchev–Trinajstić information content (AvgIpc) is 3.74. The molecule has 0 unspecified atom stereocenters. The van der Waals surface area contributed by atoms with Gasteiger partial charge < -0.3 is 19.5 Å². The zero-order valence-electron chi connectivity index (χ0n) is 24.0. The molecule has 3 aromatic carbocycles. The molecule has 222 valence electrons. The molecule has 1 aliphatic heterocycles. The molecule has 2 amide bonds. The topological polar surface area (TPSA) is 87.9 Å². The lowest BCUT2D eigenvalue weighted by Crippen LogP contribution is -2.61. The van der Waals surface area contributed by atoms with Crippen molar-refractivity contribution in [3.05, 3.63) is 99.2 Å². The van der Waals surface area contributed by atoms with Crippen LogP contribution in [-0.4, -0.2) is 47.0 Å². The summed E-state index contributed by atoms with van der Waals surface area (Å²) in [5.74, 6) is 0.900. The van der Waals surface area contributed by atoms with E-state index in [0.29, 0.717) is 51.6 Å². The molecule has 0 spiro atoms. The number of piperazine rings is 1. The van der Waals surface area contributed by atoms with Gasteiger partial charge in [0.1, 0.15) is 24.1 Å². The lowest BCUT2D eigenvalue weighted by atomic mass is 10.0. The second kappa shape index (κ2) is 12.4. The molecule has 1 atom stereocenters. The minimum absolute atomic E-state index is 0.0379. The highest BCUT2D eigenvalue weighted by atomic mass is 35.5. The minimum Gasteiger partial charge on any atom is -0.486 e. The van der Waals surface area contributed by atoms with E-state index in [1.165, 1.54) is 11.1 Å². The maximum absolute atomic E-state index is 14.0. The first-order valence-electron chi connectivity index (χ1n) is 14.3. The van der Waals surface area contributed by atoms with E-state index in [2.05, 4.69) is 36.5 Å². The second-order valence-corrected chi connectivity index (χ2v) is 11.8. The standard InChI is InChI=1S/C33H32Cl2N4O4/c1-20-5-3-6-22(21(20)2)18-38(23-9-10-23)33(41)30-16-36-17-31(40)39(30)24-11-13-25(14-12-24)42-19-26-15-29(37-43-26)32-27(34)7-4-8-28(32)35/h3-8,11-15,23,30,36H,9-10,16-19H2,1-2H3/t30-/m0/s1. The fraction of sp³-hybridized carbons (Fsp3) is 0.303. The quantitative estimate of drug-likeness (QED) is 0.235. The Morgan fingerprint density at radius 3 is 2.51 bits per heavy atom. The predicted octanol–water partition coefficient (Wildman–Crippen LogP) is 6.34. The van der Waals surface area contributed by atoms with E-state index < -0.39 is 6.04 Å². The fourth-order valence-electron chi connectivity index (χ4n) is 5.42. The third kappa shape index (κ3) is 6.27. The van der Waals surface area contributed by atoms with E-state index in [4.69, 9.17) is 32.5 Å². The van der Waals surface area contributed by atoms with E-state index in [9.17, 15) is 9.59 Å². The van der Waals surface area contributed by atoms with Crippen LogP contribution < -0.4 is 15.0 Å². The molecule has 1 saturated carbocycles. The van der Waals surface area contributed by atoms with Gasteiger partial charge in [-0.1, -0.05) is 52.6 Å². The summed E-state index contributed by atoms with van der Waals surface area (Å²) in [4.78, 5) is 30.8. The third-order valence-electron chi connectivity index (χ3n) is 8.08. The van der Waals surface area contributed by atoms with Gasteiger partial charge in [-0.25, -0.2) is 0 Å². The summed E-state index contributed by atoms with van der Waals surface area (Å²) in [5, 5.41) is 8.18. The summed E-state index contributed by atoms with van der Waals surface area (Å²) < 4.78 is 11.4.